The second kappa shape index (κ2) is 13.6. The van der Waals surface area contributed by atoms with Crippen molar-refractivity contribution in [2.24, 2.45) is 4.99 Å². The molecule has 0 amide bonds. The smallest absolute Gasteiger partial charge is 0.338 e. The summed E-state index contributed by atoms with van der Waals surface area (Å²) >= 11 is 7.22. The summed E-state index contributed by atoms with van der Waals surface area (Å²) in [5.74, 6) is -0.0988. The number of hydrogen-bond donors (Lipinski definition) is 0. The molecule has 232 valence electrons. The monoisotopic (exact) mass is 654 g/mol. The van der Waals surface area contributed by atoms with Gasteiger partial charge in [-0.25, -0.2) is 14.2 Å². The van der Waals surface area contributed by atoms with E-state index in [0.717, 1.165) is 5.56 Å². The highest BCUT2D eigenvalue weighted by molar-refractivity contribution is 7.07. The van der Waals surface area contributed by atoms with Gasteiger partial charge >= 0.3 is 5.97 Å². The number of carbonyl (C=O) groups excluding carboxylic acids is 1. The van der Waals surface area contributed by atoms with Crippen molar-refractivity contribution in [2.45, 2.75) is 19.6 Å². The van der Waals surface area contributed by atoms with Gasteiger partial charge in [-0.15, -0.1) is 0 Å². The Labute approximate surface area is 273 Å². The number of carbonyl (C=O) groups is 1. The van der Waals surface area contributed by atoms with E-state index in [2.05, 4.69) is 0 Å². The van der Waals surface area contributed by atoms with Crippen LogP contribution >= 0.6 is 22.9 Å². The summed E-state index contributed by atoms with van der Waals surface area (Å²) in [6.45, 7) is 2.08. The molecule has 46 heavy (non-hydrogen) atoms. The molecule has 0 N–H and O–H groups in total. The largest absolute Gasteiger partial charge is 0.493 e. The predicted molar refractivity (Wildman–Crippen MR) is 176 cm³/mol. The van der Waals surface area contributed by atoms with Crippen LogP contribution in [-0.4, -0.2) is 24.3 Å². The van der Waals surface area contributed by atoms with Crippen LogP contribution in [0.3, 0.4) is 0 Å². The van der Waals surface area contributed by atoms with Gasteiger partial charge in [-0.05, 0) is 54.5 Å². The van der Waals surface area contributed by atoms with Crippen LogP contribution in [0.5, 0.6) is 11.5 Å². The van der Waals surface area contributed by atoms with E-state index >= 15 is 0 Å². The van der Waals surface area contributed by atoms with E-state index < -0.39 is 17.8 Å². The molecule has 0 saturated carbocycles. The first-order valence-corrected chi connectivity index (χ1v) is 15.7. The van der Waals surface area contributed by atoms with Crippen LogP contribution in [0.4, 0.5) is 4.39 Å². The maximum atomic E-state index is 14.3. The molecule has 6 rings (SSSR count). The SMILES string of the molecule is CCOC(=O)C1=C(c2ccccc2)N=c2s/c(=C\c3cccc(OC)c3OCc3ccc(Cl)cc3)c(=O)n2[C@@H]1c1ccc(F)cc1. The first kappa shape index (κ1) is 31.0. The number of thiazole rings is 1. The average molecular weight is 655 g/mol. The number of rotatable bonds is 9. The maximum Gasteiger partial charge on any atom is 0.338 e. The minimum absolute atomic E-state index is 0.125. The van der Waals surface area contributed by atoms with Crippen LogP contribution in [-0.2, 0) is 16.1 Å². The second-order valence-electron chi connectivity index (χ2n) is 10.3. The zero-order valence-electron chi connectivity index (χ0n) is 24.9. The van der Waals surface area contributed by atoms with Gasteiger partial charge in [-0.1, -0.05) is 89.7 Å². The zero-order valence-corrected chi connectivity index (χ0v) is 26.5. The first-order valence-electron chi connectivity index (χ1n) is 14.5. The van der Waals surface area contributed by atoms with Gasteiger partial charge in [0.1, 0.15) is 12.4 Å². The Hall–Kier alpha value is -4.99. The minimum Gasteiger partial charge on any atom is -0.493 e. The summed E-state index contributed by atoms with van der Waals surface area (Å²) < 4.78 is 33.2. The molecule has 1 aliphatic heterocycles. The van der Waals surface area contributed by atoms with Crippen LogP contribution in [0.15, 0.2) is 112 Å². The molecular formula is C36H28ClFN2O5S. The fourth-order valence-corrected chi connectivity index (χ4v) is 6.36. The summed E-state index contributed by atoms with van der Waals surface area (Å²) in [5, 5.41) is 0.623. The fourth-order valence-electron chi connectivity index (χ4n) is 5.24. The molecule has 1 aliphatic rings. The first-order chi connectivity index (χ1) is 22.4. The predicted octanol–water partition coefficient (Wildman–Crippen LogP) is 6.32. The number of halogens is 2. The highest BCUT2D eigenvalue weighted by atomic mass is 35.5. The molecule has 0 bridgehead atoms. The molecule has 2 heterocycles. The Morgan fingerprint density at radius 3 is 2.43 bits per heavy atom. The second-order valence-corrected chi connectivity index (χ2v) is 11.7. The summed E-state index contributed by atoms with van der Waals surface area (Å²) in [6, 6.07) is 26.8. The molecule has 4 aromatic carbocycles. The van der Waals surface area contributed by atoms with E-state index in [9.17, 15) is 14.0 Å². The highest BCUT2D eigenvalue weighted by Crippen LogP contribution is 2.36. The number of fused-ring (bicyclic) bond motifs is 1. The van der Waals surface area contributed by atoms with Crippen molar-refractivity contribution in [1.82, 2.24) is 4.57 Å². The maximum absolute atomic E-state index is 14.3. The number of methoxy groups -OCH3 is 1. The number of hydrogen-bond acceptors (Lipinski definition) is 7. The van der Waals surface area contributed by atoms with Crippen molar-refractivity contribution >= 4 is 40.7 Å². The lowest BCUT2D eigenvalue weighted by atomic mass is 9.93. The minimum atomic E-state index is -0.917. The van der Waals surface area contributed by atoms with Crippen LogP contribution < -0.4 is 24.4 Å². The van der Waals surface area contributed by atoms with Gasteiger partial charge in [0, 0.05) is 16.1 Å². The Morgan fingerprint density at radius 2 is 1.74 bits per heavy atom. The molecule has 1 aromatic heterocycles. The third-order valence-corrected chi connectivity index (χ3v) is 8.61. The molecule has 7 nitrogen and oxygen atoms in total. The lowest BCUT2D eigenvalue weighted by Crippen LogP contribution is -2.40. The van der Waals surface area contributed by atoms with E-state index in [4.69, 9.17) is 30.8 Å². The summed E-state index contributed by atoms with van der Waals surface area (Å²) in [4.78, 5) is 33.1. The van der Waals surface area contributed by atoms with E-state index in [1.54, 1.807) is 50.4 Å². The number of para-hydroxylation sites is 1. The molecule has 0 aliphatic carbocycles. The van der Waals surface area contributed by atoms with Gasteiger partial charge in [0.25, 0.3) is 5.56 Å². The van der Waals surface area contributed by atoms with E-state index in [-0.39, 0.29) is 24.3 Å². The van der Waals surface area contributed by atoms with Crippen LogP contribution in [0, 0.1) is 5.82 Å². The normalized spacial score (nSPS) is 14.4. The Morgan fingerprint density at radius 1 is 1.00 bits per heavy atom. The Balaban J connectivity index is 1.54. The molecule has 0 fully saturated rings. The molecular weight excluding hydrogens is 627 g/mol. The van der Waals surface area contributed by atoms with Gasteiger partial charge in [0.2, 0.25) is 0 Å². The number of esters is 1. The summed E-state index contributed by atoms with van der Waals surface area (Å²) in [5.41, 5.74) is 2.93. The molecule has 0 saturated heterocycles. The Kier molecular flexibility index (Phi) is 9.14. The lowest BCUT2D eigenvalue weighted by molar-refractivity contribution is -0.138. The number of benzene rings is 4. The van der Waals surface area contributed by atoms with Crippen molar-refractivity contribution < 1.29 is 23.4 Å². The average Bonchev–Trinajstić information content (AvgIpc) is 3.38. The zero-order chi connectivity index (χ0) is 32.2. The molecule has 1 atom stereocenters. The Bertz CT molecular complexity index is 2110. The standard InChI is InChI=1S/C36H28ClFN2O5S/c1-3-44-35(42)30-31(23-8-5-4-6-9-23)39-36-40(32(30)24-14-18-27(38)19-15-24)34(41)29(46-36)20-25-10-7-11-28(43-2)33(25)45-21-22-12-16-26(37)17-13-22/h4-20,32H,3,21H2,1-2H3/b29-20-/t32-/m1/s1. The van der Waals surface area contributed by atoms with Crippen LogP contribution in [0.2, 0.25) is 5.02 Å². The lowest BCUT2D eigenvalue weighted by Gasteiger charge is -2.25. The van der Waals surface area contributed by atoms with Crippen molar-refractivity contribution in [3.63, 3.8) is 0 Å². The molecule has 5 aromatic rings. The van der Waals surface area contributed by atoms with E-state index in [0.29, 0.717) is 48.2 Å². The third kappa shape index (κ3) is 6.24. The quantitative estimate of drug-likeness (QED) is 0.174. The third-order valence-electron chi connectivity index (χ3n) is 7.37. The molecule has 0 unspecified atom stereocenters. The summed E-state index contributed by atoms with van der Waals surface area (Å²) in [6.07, 6.45) is 1.72. The van der Waals surface area contributed by atoms with Gasteiger partial charge in [-0.3, -0.25) is 9.36 Å². The fraction of sp³-hybridized carbons (Fsp3) is 0.139. The number of nitrogens with zero attached hydrogens (tertiary/aromatic N) is 2. The van der Waals surface area contributed by atoms with E-state index in [1.807, 2.05) is 54.6 Å². The number of ether oxygens (including phenoxy) is 3. The number of aromatic nitrogens is 1. The van der Waals surface area contributed by atoms with Crippen LogP contribution in [0.25, 0.3) is 11.8 Å². The van der Waals surface area contributed by atoms with Gasteiger partial charge in [-0.2, -0.15) is 0 Å². The molecule has 0 spiro atoms. The highest BCUT2D eigenvalue weighted by Gasteiger charge is 2.35. The topological polar surface area (TPSA) is 79.1 Å². The van der Waals surface area contributed by atoms with Crippen LogP contribution in [0.1, 0.15) is 35.2 Å². The molecule has 10 heteroatoms. The van der Waals surface area contributed by atoms with Crippen molar-refractivity contribution in [3.05, 3.63) is 155 Å². The van der Waals surface area contributed by atoms with Crippen molar-refractivity contribution in [2.75, 3.05) is 13.7 Å². The summed E-state index contributed by atoms with van der Waals surface area (Å²) in [7, 11) is 1.55. The van der Waals surface area contributed by atoms with Gasteiger partial charge in [0.05, 0.1) is 35.6 Å². The van der Waals surface area contributed by atoms with Gasteiger partial charge in [0.15, 0.2) is 16.3 Å². The van der Waals surface area contributed by atoms with E-state index in [1.165, 1.54) is 28.0 Å². The van der Waals surface area contributed by atoms with Crippen molar-refractivity contribution in [3.8, 4) is 11.5 Å². The van der Waals surface area contributed by atoms with Gasteiger partial charge < -0.3 is 14.2 Å². The van der Waals surface area contributed by atoms with Crippen molar-refractivity contribution in [1.29, 1.82) is 0 Å². The molecule has 0 radical (unpaired) electrons.